The fraction of sp³-hybridized carbons (Fsp3) is 0.158. The molecule has 6 nitrogen and oxygen atoms in total. The van der Waals surface area contributed by atoms with Crippen molar-refractivity contribution >= 4 is 23.2 Å². The smallest absolute Gasteiger partial charge is 0.251 e. The first-order valence-corrected chi connectivity index (χ1v) is 8.87. The molecule has 0 fully saturated rings. The molecule has 26 heavy (non-hydrogen) atoms. The van der Waals surface area contributed by atoms with Crippen molar-refractivity contribution < 1.29 is 9.59 Å². The number of amides is 2. The van der Waals surface area contributed by atoms with Crippen molar-refractivity contribution in [3.63, 3.8) is 0 Å². The first-order valence-electron chi connectivity index (χ1n) is 7.99. The van der Waals surface area contributed by atoms with Crippen LogP contribution in [0.3, 0.4) is 0 Å². The highest BCUT2D eigenvalue weighted by molar-refractivity contribution is 7.09. The van der Waals surface area contributed by atoms with Crippen LogP contribution in [0.5, 0.6) is 0 Å². The van der Waals surface area contributed by atoms with E-state index in [1.165, 1.54) is 11.3 Å². The molecule has 1 aromatic carbocycles. The lowest BCUT2D eigenvalue weighted by molar-refractivity contribution is 0.0950. The van der Waals surface area contributed by atoms with Gasteiger partial charge in [-0.25, -0.2) is 4.98 Å². The minimum absolute atomic E-state index is 0.274. The van der Waals surface area contributed by atoms with Gasteiger partial charge in [-0.15, -0.1) is 11.3 Å². The van der Waals surface area contributed by atoms with E-state index in [9.17, 15) is 9.59 Å². The van der Waals surface area contributed by atoms with Crippen LogP contribution < -0.4 is 11.1 Å². The zero-order chi connectivity index (χ0) is 18.7. The van der Waals surface area contributed by atoms with Gasteiger partial charge < -0.3 is 11.1 Å². The zero-order valence-corrected chi connectivity index (χ0v) is 15.3. The molecule has 0 aliphatic rings. The van der Waals surface area contributed by atoms with Gasteiger partial charge in [-0.2, -0.15) is 0 Å². The van der Waals surface area contributed by atoms with Gasteiger partial charge in [-0.1, -0.05) is 6.07 Å². The molecule has 2 amide bonds. The van der Waals surface area contributed by atoms with Crippen LogP contribution in [-0.2, 0) is 6.54 Å². The Labute approximate surface area is 155 Å². The number of nitrogens with zero attached hydrogens (tertiary/aromatic N) is 2. The second kappa shape index (κ2) is 7.45. The van der Waals surface area contributed by atoms with Gasteiger partial charge >= 0.3 is 0 Å². The van der Waals surface area contributed by atoms with Crippen molar-refractivity contribution in [2.45, 2.75) is 20.4 Å². The van der Waals surface area contributed by atoms with Crippen molar-refractivity contribution in [1.82, 2.24) is 15.3 Å². The average molecular weight is 366 g/mol. The molecular formula is C19H18N4O2S. The zero-order valence-electron chi connectivity index (χ0n) is 14.4. The number of hydrogen-bond donors (Lipinski definition) is 2. The Balaban J connectivity index is 1.95. The first kappa shape index (κ1) is 17.8. The summed E-state index contributed by atoms with van der Waals surface area (Å²) in [6.45, 7) is 3.96. The number of hydrogen-bond acceptors (Lipinski definition) is 5. The summed E-state index contributed by atoms with van der Waals surface area (Å²) in [4.78, 5) is 32.9. The topological polar surface area (TPSA) is 98.0 Å². The molecule has 3 aromatic rings. The highest BCUT2D eigenvalue weighted by Gasteiger charge is 2.17. The van der Waals surface area contributed by atoms with Gasteiger partial charge in [0.15, 0.2) is 0 Å². The van der Waals surface area contributed by atoms with E-state index in [-0.39, 0.29) is 5.91 Å². The third-order valence-electron chi connectivity index (χ3n) is 3.98. The molecule has 0 bridgehead atoms. The minimum atomic E-state index is -0.571. The maximum absolute atomic E-state index is 12.7. The summed E-state index contributed by atoms with van der Waals surface area (Å²) in [6, 6.07) is 7.10. The van der Waals surface area contributed by atoms with Crippen LogP contribution in [0.1, 0.15) is 37.0 Å². The maximum atomic E-state index is 12.7. The van der Waals surface area contributed by atoms with Crippen LogP contribution in [0.15, 0.2) is 42.0 Å². The van der Waals surface area contributed by atoms with Crippen LogP contribution in [0.2, 0.25) is 0 Å². The second-order valence-electron chi connectivity index (χ2n) is 5.87. The number of aryl methyl sites for hydroxylation is 1. The molecule has 132 valence electrons. The molecule has 0 aliphatic carbocycles. The van der Waals surface area contributed by atoms with Crippen LogP contribution in [-0.4, -0.2) is 21.8 Å². The molecule has 0 radical (unpaired) electrons. The van der Waals surface area contributed by atoms with Crippen molar-refractivity contribution in [2.24, 2.45) is 5.73 Å². The Hall–Kier alpha value is -3.06. The highest BCUT2D eigenvalue weighted by atomic mass is 32.1. The number of thiazole rings is 1. The Morgan fingerprint density at radius 3 is 2.58 bits per heavy atom. The minimum Gasteiger partial charge on any atom is -0.366 e. The number of rotatable bonds is 5. The Bertz CT molecular complexity index is 967. The normalized spacial score (nSPS) is 10.5. The molecule has 0 unspecified atom stereocenters. The van der Waals surface area contributed by atoms with Gasteiger partial charge in [0.25, 0.3) is 5.91 Å². The van der Waals surface area contributed by atoms with Gasteiger partial charge in [0, 0.05) is 40.2 Å². The first-order chi connectivity index (χ1) is 12.5. The summed E-state index contributed by atoms with van der Waals surface area (Å²) in [6.07, 6.45) is 3.34. The van der Waals surface area contributed by atoms with E-state index in [1.807, 2.05) is 18.4 Å². The third kappa shape index (κ3) is 3.78. The summed E-state index contributed by atoms with van der Waals surface area (Å²) in [5.74, 6) is -0.846. The molecule has 0 saturated heterocycles. The summed E-state index contributed by atoms with van der Waals surface area (Å²) in [5.41, 5.74) is 9.23. The molecule has 0 aliphatic heterocycles. The van der Waals surface area contributed by atoms with Crippen molar-refractivity contribution in [3.8, 4) is 11.1 Å². The lowest BCUT2D eigenvalue weighted by atomic mass is 9.95. The molecule has 3 rings (SSSR count). The fourth-order valence-corrected chi connectivity index (χ4v) is 3.35. The Morgan fingerprint density at radius 1 is 1.19 bits per heavy atom. The van der Waals surface area contributed by atoms with Crippen LogP contribution in [0.4, 0.5) is 0 Å². The monoisotopic (exact) mass is 366 g/mol. The van der Waals surface area contributed by atoms with Gasteiger partial charge in [-0.05, 0) is 43.2 Å². The van der Waals surface area contributed by atoms with Crippen LogP contribution in [0, 0.1) is 13.8 Å². The van der Waals surface area contributed by atoms with Crippen molar-refractivity contribution in [3.05, 3.63) is 69.4 Å². The maximum Gasteiger partial charge on any atom is 0.251 e. The number of benzene rings is 1. The summed E-state index contributed by atoms with van der Waals surface area (Å²) >= 11 is 1.49. The van der Waals surface area contributed by atoms with Gasteiger partial charge in [-0.3, -0.25) is 14.6 Å². The van der Waals surface area contributed by atoms with Gasteiger partial charge in [0.1, 0.15) is 5.01 Å². The van der Waals surface area contributed by atoms with E-state index in [4.69, 9.17) is 5.73 Å². The molecule has 3 N–H and O–H groups in total. The molecule has 0 spiro atoms. The number of nitrogens with two attached hydrogens (primary N) is 1. The molecular weight excluding hydrogens is 348 g/mol. The molecule has 2 heterocycles. The van der Waals surface area contributed by atoms with Crippen molar-refractivity contribution in [2.75, 3.05) is 0 Å². The molecule has 7 heteroatoms. The quantitative estimate of drug-likeness (QED) is 0.725. The van der Waals surface area contributed by atoms with Crippen LogP contribution in [0.25, 0.3) is 11.1 Å². The largest absolute Gasteiger partial charge is 0.366 e. The number of carbonyl (C=O) groups excluding carboxylic acids is 2. The third-order valence-corrected chi connectivity index (χ3v) is 4.95. The Kier molecular flexibility index (Phi) is 5.09. The standard InChI is InChI=1S/C19H18N4O2S/c1-11-10-26-17(23-11)9-22-19(25)16-7-14(13-4-3-5-21-8-13)6-15(12(16)2)18(20)24/h3-8,10H,9H2,1-2H3,(H2,20,24)(H,22,25). The number of nitrogens with one attached hydrogen (secondary N) is 1. The fourth-order valence-electron chi connectivity index (χ4n) is 2.64. The van der Waals surface area contributed by atoms with E-state index in [0.717, 1.165) is 16.3 Å². The predicted octanol–water partition coefficient (Wildman–Crippen LogP) is 2.85. The predicted molar refractivity (Wildman–Crippen MR) is 101 cm³/mol. The number of aromatic nitrogens is 2. The van der Waals surface area contributed by atoms with E-state index in [2.05, 4.69) is 15.3 Å². The lowest BCUT2D eigenvalue weighted by Gasteiger charge is -2.13. The molecule has 0 saturated carbocycles. The average Bonchev–Trinajstić information content (AvgIpc) is 3.05. The lowest BCUT2D eigenvalue weighted by Crippen LogP contribution is -2.25. The summed E-state index contributed by atoms with van der Waals surface area (Å²) < 4.78 is 0. The van der Waals surface area contributed by atoms with E-state index in [1.54, 1.807) is 37.5 Å². The van der Waals surface area contributed by atoms with Crippen LogP contribution >= 0.6 is 11.3 Å². The van der Waals surface area contributed by atoms with Crippen molar-refractivity contribution in [1.29, 1.82) is 0 Å². The number of primary amides is 1. The van der Waals surface area contributed by atoms with Gasteiger partial charge in [0.2, 0.25) is 5.91 Å². The Morgan fingerprint density at radius 2 is 1.96 bits per heavy atom. The second-order valence-corrected chi connectivity index (χ2v) is 6.81. The SMILES string of the molecule is Cc1csc(CNC(=O)c2cc(-c3cccnc3)cc(C(N)=O)c2C)n1. The molecule has 2 aromatic heterocycles. The highest BCUT2D eigenvalue weighted by Crippen LogP contribution is 2.25. The summed E-state index contributed by atoms with van der Waals surface area (Å²) in [7, 11) is 0. The molecule has 0 atom stereocenters. The van der Waals surface area contributed by atoms with E-state index < -0.39 is 5.91 Å². The number of carbonyl (C=O) groups is 2. The van der Waals surface area contributed by atoms with Gasteiger partial charge in [0.05, 0.1) is 6.54 Å². The van der Waals surface area contributed by atoms with E-state index >= 15 is 0 Å². The number of pyridine rings is 1. The van der Waals surface area contributed by atoms with E-state index in [0.29, 0.717) is 28.8 Å². The summed E-state index contributed by atoms with van der Waals surface area (Å²) in [5, 5.41) is 5.61.